The maximum atomic E-state index is 11.3. The van der Waals surface area contributed by atoms with Gasteiger partial charge in [0.15, 0.2) is 0 Å². The number of hydrogen-bond donors (Lipinski definition) is 2. The van der Waals surface area contributed by atoms with Gasteiger partial charge in [-0.15, -0.1) is 12.4 Å². The van der Waals surface area contributed by atoms with Crippen molar-refractivity contribution in [1.29, 1.82) is 0 Å². The summed E-state index contributed by atoms with van der Waals surface area (Å²) < 4.78 is 4.87. The molecular weight excluding hydrogens is 236 g/mol. The standard InChI is InChI=1S/C9H20N2O2S.ClH/c1-8(14-3)9(12)11-5-4-10-6-7-13-2;/h8,10H,4-7H2,1-3H3,(H,11,12);1H. The zero-order valence-corrected chi connectivity index (χ0v) is 11.2. The van der Waals surface area contributed by atoms with E-state index >= 15 is 0 Å². The molecule has 0 aliphatic rings. The van der Waals surface area contributed by atoms with Crippen LogP contribution in [0.5, 0.6) is 0 Å². The van der Waals surface area contributed by atoms with Gasteiger partial charge >= 0.3 is 0 Å². The molecule has 0 aliphatic carbocycles. The highest BCUT2D eigenvalue weighted by molar-refractivity contribution is 7.99. The first-order chi connectivity index (χ1) is 6.72. The van der Waals surface area contributed by atoms with Crippen molar-refractivity contribution in [2.75, 3.05) is 39.6 Å². The second-order valence-corrected chi connectivity index (χ2v) is 4.09. The Morgan fingerprint density at radius 3 is 2.60 bits per heavy atom. The monoisotopic (exact) mass is 256 g/mol. The van der Waals surface area contributed by atoms with Crippen LogP contribution in [0.4, 0.5) is 0 Å². The minimum absolute atomic E-state index is 0. The van der Waals surface area contributed by atoms with Crippen molar-refractivity contribution in [3.05, 3.63) is 0 Å². The van der Waals surface area contributed by atoms with Crippen LogP contribution in [-0.4, -0.2) is 50.8 Å². The van der Waals surface area contributed by atoms with Crippen molar-refractivity contribution in [3.8, 4) is 0 Å². The number of rotatable bonds is 8. The number of thioether (sulfide) groups is 1. The average molecular weight is 257 g/mol. The summed E-state index contributed by atoms with van der Waals surface area (Å²) in [6, 6.07) is 0. The fourth-order valence-electron chi connectivity index (χ4n) is 0.824. The first kappa shape index (κ1) is 17.4. The van der Waals surface area contributed by atoms with Crippen molar-refractivity contribution in [1.82, 2.24) is 10.6 Å². The summed E-state index contributed by atoms with van der Waals surface area (Å²) in [4.78, 5) is 11.3. The van der Waals surface area contributed by atoms with E-state index in [1.54, 1.807) is 18.9 Å². The van der Waals surface area contributed by atoms with Crippen molar-refractivity contribution in [2.24, 2.45) is 0 Å². The van der Waals surface area contributed by atoms with Crippen molar-refractivity contribution >= 4 is 30.1 Å². The Kier molecular flexibility index (Phi) is 14.1. The molecule has 0 rings (SSSR count). The molecule has 1 unspecified atom stereocenters. The largest absolute Gasteiger partial charge is 0.383 e. The highest BCUT2D eigenvalue weighted by Gasteiger charge is 2.08. The van der Waals surface area contributed by atoms with E-state index in [9.17, 15) is 4.79 Å². The van der Waals surface area contributed by atoms with E-state index < -0.39 is 0 Å². The van der Waals surface area contributed by atoms with Gasteiger partial charge in [-0.2, -0.15) is 11.8 Å². The second-order valence-electron chi connectivity index (χ2n) is 2.91. The van der Waals surface area contributed by atoms with E-state index in [0.29, 0.717) is 13.2 Å². The summed E-state index contributed by atoms with van der Waals surface area (Å²) in [6.45, 7) is 4.89. The minimum atomic E-state index is 0. The summed E-state index contributed by atoms with van der Waals surface area (Å²) in [5, 5.41) is 6.04. The molecule has 4 nitrogen and oxygen atoms in total. The van der Waals surface area contributed by atoms with E-state index in [1.165, 1.54) is 0 Å². The smallest absolute Gasteiger partial charge is 0.232 e. The molecule has 0 saturated carbocycles. The number of ether oxygens (including phenoxy) is 1. The molecule has 1 amide bonds. The third-order valence-corrected chi connectivity index (χ3v) is 2.73. The lowest BCUT2D eigenvalue weighted by molar-refractivity contribution is -0.120. The van der Waals surface area contributed by atoms with Gasteiger partial charge in [0.25, 0.3) is 0 Å². The summed E-state index contributed by atoms with van der Waals surface area (Å²) in [5.41, 5.74) is 0. The molecule has 0 radical (unpaired) electrons. The van der Waals surface area contributed by atoms with E-state index in [1.807, 2.05) is 13.2 Å². The molecule has 0 aromatic heterocycles. The van der Waals surface area contributed by atoms with Gasteiger partial charge in [-0.3, -0.25) is 4.79 Å². The predicted octanol–water partition coefficient (Wildman–Crippen LogP) is 0.512. The first-order valence-electron chi connectivity index (χ1n) is 4.72. The van der Waals surface area contributed by atoms with Gasteiger partial charge in [0.05, 0.1) is 11.9 Å². The Balaban J connectivity index is 0. The number of hydrogen-bond acceptors (Lipinski definition) is 4. The zero-order valence-electron chi connectivity index (χ0n) is 9.54. The van der Waals surface area contributed by atoms with Crippen LogP contribution >= 0.6 is 24.2 Å². The fourth-order valence-corrected chi connectivity index (χ4v) is 1.12. The van der Waals surface area contributed by atoms with E-state index in [-0.39, 0.29) is 23.6 Å². The van der Waals surface area contributed by atoms with Gasteiger partial charge < -0.3 is 15.4 Å². The molecule has 0 bridgehead atoms. The summed E-state index contributed by atoms with van der Waals surface area (Å²) in [7, 11) is 1.67. The Hall–Kier alpha value is 0.0300. The normalized spacial score (nSPS) is 11.7. The highest BCUT2D eigenvalue weighted by Crippen LogP contribution is 2.03. The van der Waals surface area contributed by atoms with Gasteiger partial charge in [-0.25, -0.2) is 0 Å². The van der Waals surface area contributed by atoms with E-state index in [2.05, 4.69) is 10.6 Å². The highest BCUT2D eigenvalue weighted by atomic mass is 35.5. The van der Waals surface area contributed by atoms with Gasteiger partial charge in [0, 0.05) is 26.7 Å². The van der Waals surface area contributed by atoms with Gasteiger partial charge in [0.1, 0.15) is 0 Å². The number of amides is 1. The lowest BCUT2D eigenvalue weighted by Crippen LogP contribution is -2.36. The van der Waals surface area contributed by atoms with Crippen LogP contribution in [0.2, 0.25) is 0 Å². The average Bonchev–Trinajstić information content (AvgIpc) is 2.21. The maximum absolute atomic E-state index is 11.3. The summed E-state index contributed by atoms with van der Waals surface area (Å²) in [5.74, 6) is 0.103. The van der Waals surface area contributed by atoms with E-state index in [4.69, 9.17) is 4.74 Å². The minimum Gasteiger partial charge on any atom is -0.383 e. The third kappa shape index (κ3) is 10.3. The molecule has 0 aromatic rings. The second kappa shape index (κ2) is 12.1. The van der Waals surface area contributed by atoms with Crippen LogP contribution in [0.1, 0.15) is 6.92 Å². The molecular formula is C9H21ClN2O2S. The molecule has 0 fully saturated rings. The van der Waals surface area contributed by atoms with Crippen LogP contribution in [-0.2, 0) is 9.53 Å². The molecule has 92 valence electrons. The number of carbonyl (C=O) groups is 1. The molecule has 1 atom stereocenters. The lowest BCUT2D eigenvalue weighted by atomic mass is 10.4. The fraction of sp³-hybridized carbons (Fsp3) is 0.889. The molecule has 0 spiro atoms. The van der Waals surface area contributed by atoms with Crippen molar-refractivity contribution < 1.29 is 9.53 Å². The van der Waals surface area contributed by atoms with E-state index in [0.717, 1.165) is 13.1 Å². The first-order valence-corrected chi connectivity index (χ1v) is 6.01. The number of carbonyl (C=O) groups excluding carboxylic acids is 1. The SMILES string of the molecule is COCCNCCNC(=O)C(C)SC.Cl. The molecule has 6 heteroatoms. The van der Waals surface area contributed by atoms with Crippen LogP contribution in [0.25, 0.3) is 0 Å². The predicted molar refractivity (Wildman–Crippen MR) is 68.0 cm³/mol. The van der Waals surface area contributed by atoms with Crippen molar-refractivity contribution in [2.45, 2.75) is 12.2 Å². The summed E-state index contributed by atoms with van der Waals surface area (Å²) in [6.07, 6.45) is 1.93. The van der Waals surface area contributed by atoms with Gasteiger partial charge in [0.2, 0.25) is 5.91 Å². The molecule has 15 heavy (non-hydrogen) atoms. The molecule has 0 aromatic carbocycles. The van der Waals surface area contributed by atoms with Crippen LogP contribution in [0, 0.1) is 0 Å². The molecule has 0 saturated heterocycles. The third-order valence-electron chi connectivity index (χ3n) is 1.81. The molecule has 2 N–H and O–H groups in total. The Morgan fingerprint density at radius 2 is 2.07 bits per heavy atom. The van der Waals surface area contributed by atoms with Gasteiger partial charge in [-0.1, -0.05) is 0 Å². The number of nitrogens with one attached hydrogen (secondary N) is 2. The quantitative estimate of drug-likeness (QED) is 0.622. The number of halogens is 1. The van der Waals surface area contributed by atoms with Gasteiger partial charge in [-0.05, 0) is 13.2 Å². The lowest BCUT2D eigenvalue weighted by Gasteiger charge is -2.09. The molecule has 0 aliphatic heterocycles. The van der Waals surface area contributed by atoms with Crippen molar-refractivity contribution in [3.63, 3.8) is 0 Å². The molecule has 0 heterocycles. The van der Waals surface area contributed by atoms with Crippen LogP contribution < -0.4 is 10.6 Å². The van der Waals surface area contributed by atoms with Crippen LogP contribution in [0.15, 0.2) is 0 Å². The maximum Gasteiger partial charge on any atom is 0.232 e. The number of methoxy groups -OCH3 is 1. The topological polar surface area (TPSA) is 50.4 Å². The summed E-state index contributed by atoms with van der Waals surface area (Å²) >= 11 is 1.55. The Labute approximate surface area is 102 Å². The zero-order chi connectivity index (χ0) is 10.8. The Morgan fingerprint density at radius 1 is 1.40 bits per heavy atom. The van der Waals surface area contributed by atoms with Crippen LogP contribution in [0.3, 0.4) is 0 Å². The Bertz CT molecular complexity index is 161.